The lowest BCUT2D eigenvalue weighted by atomic mass is 10.0. The number of carbonyl (C=O) groups excluding carboxylic acids is 2. The molecule has 3 rings (SSSR count). The van der Waals surface area contributed by atoms with Crippen LogP contribution >= 0.6 is 11.6 Å². The number of nitrogens with one attached hydrogen (secondary N) is 2. The Labute approximate surface area is 163 Å². The van der Waals surface area contributed by atoms with Gasteiger partial charge in [0.1, 0.15) is 0 Å². The van der Waals surface area contributed by atoms with Crippen molar-refractivity contribution < 1.29 is 14.3 Å². The van der Waals surface area contributed by atoms with E-state index in [1.165, 1.54) is 6.07 Å². The molecular weight excluding hydrogens is 366 g/mol. The van der Waals surface area contributed by atoms with Gasteiger partial charge in [-0.15, -0.1) is 0 Å². The van der Waals surface area contributed by atoms with E-state index < -0.39 is 5.97 Å². The van der Waals surface area contributed by atoms with Crippen LogP contribution in [-0.2, 0) is 4.74 Å². The largest absolute Gasteiger partial charge is 0.462 e. The van der Waals surface area contributed by atoms with Crippen molar-refractivity contribution >= 4 is 29.3 Å². The topological polar surface area (TPSA) is 70.7 Å². The fourth-order valence-electron chi connectivity index (χ4n) is 3.01. The van der Waals surface area contributed by atoms with Gasteiger partial charge in [0.05, 0.1) is 23.2 Å². The summed E-state index contributed by atoms with van der Waals surface area (Å²) in [6, 6.07) is 14.7. The number of rotatable bonds is 4. The van der Waals surface area contributed by atoms with Gasteiger partial charge in [-0.3, -0.25) is 0 Å². The van der Waals surface area contributed by atoms with Gasteiger partial charge in [-0.2, -0.15) is 0 Å². The van der Waals surface area contributed by atoms with Gasteiger partial charge >= 0.3 is 12.0 Å². The molecule has 1 saturated heterocycles. The number of carbonyl (C=O) groups is 2. The third kappa shape index (κ3) is 4.78. The molecule has 2 amide bonds. The molecule has 0 unspecified atom stereocenters. The lowest BCUT2D eigenvalue weighted by Gasteiger charge is -2.34. The van der Waals surface area contributed by atoms with E-state index in [2.05, 4.69) is 10.6 Å². The first kappa shape index (κ1) is 19.2. The zero-order chi connectivity index (χ0) is 19.2. The second-order valence-corrected chi connectivity index (χ2v) is 6.62. The van der Waals surface area contributed by atoms with Gasteiger partial charge < -0.3 is 20.3 Å². The van der Waals surface area contributed by atoms with Crippen molar-refractivity contribution in [1.82, 2.24) is 10.2 Å². The fourth-order valence-corrected chi connectivity index (χ4v) is 3.21. The molecule has 0 spiro atoms. The van der Waals surface area contributed by atoms with Crippen LogP contribution in [0.15, 0.2) is 48.5 Å². The van der Waals surface area contributed by atoms with Gasteiger partial charge in [0.2, 0.25) is 0 Å². The number of hydrogen-bond acceptors (Lipinski definition) is 4. The maximum atomic E-state index is 12.7. The number of urea groups is 1. The first-order chi connectivity index (χ1) is 13.1. The van der Waals surface area contributed by atoms with Crippen LogP contribution in [0.1, 0.15) is 28.9 Å². The second-order valence-electron chi connectivity index (χ2n) is 6.21. The van der Waals surface area contributed by atoms with Crippen LogP contribution in [0.3, 0.4) is 0 Å². The third-order valence-electron chi connectivity index (χ3n) is 4.38. The summed E-state index contributed by atoms with van der Waals surface area (Å²) in [5.74, 6) is -0.509. The summed E-state index contributed by atoms with van der Waals surface area (Å²) in [4.78, 5) is 26.4. The number of benzene rings is 2. The molecule has 142 valence electrons. The third-order valence-corrected chi connectivity index (χ3v) is 4.71. The maximum Gasteiger partial charge on any atom is 0.339 e. The number of anilines is 1. The highest BCUT2D eigenvalue weighted by Gasteiger charge is 2.24. The molecular formula is C20H22ClN3O3. The summed E-state index contributed by atoms with van der Waals surface area (Å²) < 4.78 is 4.99. The average Bonchev–Trinajstić information content (AvgIpc) is 2.70. The van der Waals surface area contributed by atoms with Crippen molar-refractivity contribution in [2.24, 2.45) is 0 Å². The molecule has 0 saturated carbocycles. The molecule has 0 aliphatic carbocycles. The van der Waals surface area contributed by atoms with Gasteiger partial charge in [-0.1, -0.05) is 41.9 Å². The zero-order valence-electron chi connectivity index (χ0n) is 15.1. The molecule has 1 aliphatic rings. The van der Waals surface area contributed by atoms with E-state index in [-0.39, 0.29) is 29.3 Å². The highest BCUT2D eigenvalue weighted by Crippen LogP contribution is 2.23. The number of esters is 1. The van der Waals surface area contributed by atoms with E-state index in [0.29, 0.717) is 25.3 Å². The molecule has 0 bridgehead atoms. The predicted molar refractivity (Wildman–Crippen MR) is 105 cm³/mol. The zero-order valence-corrected chi connectivity index (χ0v) is 15.8. The highest BCUT2D eigenvalue weighted by molar-refractivity contribution is 6.33. The van der Waals surface area contributed by atoms with E-state index in [1.54, 1.807) is 24.0 Å². The monoisotopic (exact) mass is 387 g/mol. The Morgan fingerprint density at radius 3 is 2.78 bits per heavy atom. The van der Waals surface area contributed by atoms with Crippen molar-refractivity contribution in [3.8, 4) is 0 Å². The molecule has 2 aromatic rings. The van der Waals surface area contributed by atoms with Gasteiger partial charge in [0, 0.05) is 25.3 Å². The number of amides is 2. The summed E-state index contributed by atoms with van der Waals surface area (Å²) in [6.45, 7) is 3.86. The highest BCUT2D eigenvalue weighted by atomic mass is 35.5. The van der Waals surface area contributed by atoms with Crippen LogP contribution in [0.2, 0.25) is 5.02 Å². The van der Waals surface area contributed by atoms with Gasteiger partial charge in [0.25, 0.3) is 0 Å². The molecule has 1 atom stereocenters. The SMILES string of the molecule is CCOC(=O)c1cc(NC(=O)N2CCN[C@H](c3ccccc3)C2)ccc1Cl. The minimum Gasteiger partial charge on any atom is -0.462 e. The Kier molecular flexibility index (Phi) is 6.32. The molecule has 2 aromatic carbocycles. The summed E-state index contributed by atoms with van der Waals surface area (Å²) in [7, 11) is 0. The van der Waals surface area contributed by atoms with E-state index in [1.807, 2.05) is 30.3 Å². The first-order valence-corrected chi connectivity index (χ1v) is 9.27. The fraction of sp³-hybridized carbons (Fsp3) is 0.300. The van der Waals surface area contributed by atoms with Gasteiger partial charge in [-0.05, 0) is 30.7 Å². The summed E-state index contributed by atoms with van der Waals surface area (Å²) in [5.41, 5.74) is 1.88. The number of halogens is 1. The molecule has 1 heterocycles. The Bertz CT molecular complexity index is 813. The first-order valence-electron chi connectivity index (χ1n) is 8.89. The minimum atomic E-state index is -0.509. The Morgan fingerprint density at radius 2 is 2.04 bits per heavy atom. The van der Waals surface area contributed by atoms with Crippen LogP contribution in [0.4, 0.5) is 10.5 Å². The van der Waals surface area contributed by atoms with Crippen LogP contribution in [-0.4, -0.2) is 43.1 Å². The van der Waals surface area contributed by atoms with E-state index in [4.69, 9.17) is 16.3 Å². The predicted octanol–water partition coefficient (Wildman–Crippen LogP) is 3.70. The van der Waals surface area contributed by atoms with Gasteiger partial charge in [-0.25, -0.2) is 9.59 Å². The van der Waals surface area contributed by atoms with Crippen LogP contribution in [0.5, 0.6) is 0 Å². The molecule has 0 aromatic heterocycles. The quantitative estimate of drug-likeness (QED) is 0.785. The standard InChI is InChI=1S/C20H22ClN3O3/c1-2-27-19(25)16-12-15(8-9-17(16)21)23-20(26)24-11-10-22-18(13-24)14-6-4-3-5-7-14/h3-9,12,18,22H,2,10-11,13H2,1H3,(H,23,26)/t18-/m0/s1. The van der Waals surface area contributed by atoms with Crippen molar-refractivity contribution in [3.05, 3.63) is 64.7 Å². The molecule has 27 heavy (non-hydrogen) atoms. The van der Waals surface area contributed by atoms with Crippen LogP contribution < -0.4 is 10.6 Å². The number of hydrogen-bond donors (Lipinski definition) is 2. The molecule has 7 heteroatoms. The second kappa shape index (κ2) is 8.88. The van der Waals surface area contributed by atoms with Crippen molar-refractivity contribution in [2.45, 2.75) is 13.0 Å². The maximum absolute atomic E-state index is 12.7. The number of piperazine rings is 1. The normalized spacial score (nSPS) is 16.7. The van der Waals surface area contributed by atoms with Crippen molar-refractivity contribution in [3.63, 3.8) is 0 Å². The van der Waals surface area contributed by atoms with E-state index >= 15 is 0 Å². The Balaban J connectivity index is 1.68. The molecule has 1 aliphatic heterocycles. The number of ether oxygens (including phenoxy) is 1. The smallest absolute Gasteiger partial charge is 0.339 e. The summed E-state index contributed by atoms with van der Waals surface area (Å²) in [6.07, 6.45) is 0. The van der Waals surface area contributed by atoms with Crippen LogP contribution in [0, 0.1) is 0 Å². The number of nitrogens with zero attached hydrogens (tertiary/aromatic N) is 1. The van der Waals surface area contributed by atoms with Gasteiger partial charge in [0.15, 0.2) is 0 Å². The van der Waals surface area contributed by atoms with E-state index in [9.17, 15) is 9.59 Å². The minimum absolute atomic E-state index is 0.0889. The molecule has 2 N–H and O–H groups in total. The summed E-state index contributed by atoms with van der Waals surface area (Å²) >= 11 is 6.07. The van der Waals surface area contributed by atoms with Crippen molar-refractivity contribution in [1.29, 1.82) is 0 Å². The van der Waals surface area contributed by atoms with E-state index in [0.717, 1.165) is 5.56 Å². The lowest BCUT2D eigenvalue weighted by molar-refractivity contribution is 0.0526. The molecule has 6 nitrogen and oxygen atoms in total. The lowest BCUT2D eigenvalue weighted by Crippen LogP contribution is -2.49. The summed E-state index contributed by atoms with van der Waals surface area (Å²) in [5, 5.41) is 6.56. The Morgan fingerprint density at radius 1 is 1.26 bits per heavy atom. The van der Waals surface area contributed by atoms with Crippen LogP contribution in [0.25, 0.3) is 0 Å². The Hall–Kier alpha value is -2.57. The molecule has 0 radical (unpaired) electrons. The molecule has 1 fully saturated rings. The average molecular weight is 388 g/mol. The van der Waals surface area contributed by atoms with Crippen molar-refractivity contribution in [2.75, 3.05) is 31.6 Å².